The average Bonchev–Trinajstić information content (AvgIpc) is 2.46. The first-order chi connectivity index (χ1) is 9.61. The van der Waals surface area contributed by atoms with Crippen molar-refractivity contribution in [1.29, 1.82) is 0 Å². The van der Waals surface area contributed by atoms with E-state index in [1.54, 1.807) is 0 Å². The summed E-state index contributed by atoms with van der Waals surface area (Å²) in [5.41, 5.74) is 0.729. The molecule has 0 spiro atoms. The van der Waals surface area contributed by atoms with Crippen LogP contribution in [0.2, 0.25) is 5.02 Å². The fraction of sp³-hybridized carbons (Fsp3) is 0.133. The van der Waals surface area contributed by atoms with Gasteiger partial charge in [-0.05, 0) is 17.7 Å². The van der Waals surface area contributed by atoms with Gasteiger partial charge in [0.25, 0.3) is 0 Å². The van der Waals surface area contributed by atoms with Crippen LogP contribution in [-0.4, -0.2) is 13.1 Å². The SMILES string of the molecule is COC(=O)c1cc(OCc2ccccc2)c(Cl)cc1F. The Hall–Kier alpha value is -2.07. The monoisotopic (exact) mass is 294 g/mol. The largest absolute Gasteiger partial charge is 0.487 e. The molecule has 2 rings (SSSR count). The Morgan fingerprint density at radius 2 is 1.95 bits per heavy atom. The number of esters is 1. The molecule has 2 aromatic carbocycles. The van der Waals surface area contributed by atoms with Gasteiger partial charge < -0.3 is 9.47 Å². The molecule has 0 saturated heterocycles. The Bertz CT molecular complexity index is 614. The number of halogens is 2. The Balaban J connectivity index is 2.21. The molecule has 0 saturated carbocycles. The molecule has 3 nitrogen and oxygen atoms in total. The number of methoxy groups -OCH3 is 1. The second-order valence-electron chi connectivity index (χ2n) is 4.03. The van der Waals surface area contributed by atoms with Crippen molar-refractivity contribution in [1.82, 2.24) is 0 Å². The van der Waals surface area contributed by atoms with E-state index in [0.717, 1.165) is 11.6 Å². The zero-order valence-corrected chi connectivity index (χ0v) is 11.5. The molecule has 0 aliphatic rings. The number of benzene rings is 2. The molecule has 0 atom stereocenters. The molecule has 0 bridgehead atoms. The summed E-state index contributed by atoms with van der Waals surface area (Å²) in [5, 5.41) is 0.103. The van der Waals surface area contributed by atoms with Crippen molar-refractivity contribution in [3.05, 3.63) is 64.4 Å². The fourth-order valence-corrected chi connectivity index (χ4v) is 1.85. The van der Waals surface area contributed by atoms with Gasteiger partial charge in [0.15, 0.2) is 0 Å². The van der Waals surface area contributed by atoms with E-state index in [-0.39, 0.29) is 22.9 Å². The molecular formula is C15H12ClFO3. The molecule has 0 radical (unpaired) electrons. The topological polar surface area (TPSA) is 35.5 Å². The number of hydrogen-bond donors (Lipinski definition) is 0. The molecule has 20 heavy (non-hydrogen) atoms. The third-order valence-electron chi connectivity index (χ3n) is 2.66. The lowest BCUT2D eigenvalue weighted by Gasteiger charge is -2.10. The lowest BCUT2D eigenvalue weighted by Crippen LogP contribution is -2.06. The molecular weight excluding hydrogens is 283 g/mol. The predicted octanol–water partition coefficient (Wildman–Crippen LogP) is 3.84. The van der Waals surface area contributed by atoms with E-state index in [4.69, 9.17) is 16.3 Å². The molecule has 0 amide bonds. The van der Waals surface area contributed by atoms with Crippen molar-refractivity contribution in [2.75, 3.05) is 7.11 Å². The van der Waals surface area contributed by atoms with Crippen molar-refractivity contribution in [3.8, 4) is 5.75 Å². The Morgan fingerprint density at radius 1 is 1.25 bits per heavy atom. The lowest BCUT2D eigenvalue weighted by molar-refractivity contribution is 0.0595. The molecule has 0 heterocycles. The summed E-state index contributed by atoms with van der Waals surface area (Å²) in [4.78, 5) is 11.4. The van der Waals surface area contributed by atoms with Gasteiger partial charge in [-0.15, -0.1) is 0 Å². The number of carbonyl (C=O) groups excluding carboxylic acids is 1. The smallest absolute Gasteiger partial charge is 0.340 e. The van der Waals surface area contributed by atoms with E-state index < -0.39 is 11.8 Å². The van der Waals surface area contributed by atoms with Gasteiger partial charge in [0.2, 0.25) is 0 Å². The van der Waals surface area contributed by atoms with E-state index >= 15 is 0 Å². The first kappa shape index (κ1) is 14.3. The molecule has 2 aromatic rings. The normalized spacial score (nSPS) is 10.2. The predicted molar refractivity (Wildman–Crippen MR) is 73.5 cm³/mol. The molecule has 0 fully saturated rings. The highest BCUT2D eigenvalue weighted by atomic mass is 35.5. The van der Waals surface area contributed by atoms with Crippen LogP contribution in [-0.2, 0) is 11.3 Å². The summed E-state index contributed by atoms with van der Waals surface area (Å²) in [7, 11) is 1.18. The minimum Gasteiger partial charge on any atom is -0.487 e. The van der Waals surface area contributed by atoms with E-state index in [1.165, 1.54) is 13.2 Å². The highest BCUT2D eigenvalue weighted by molar-refractivity contribution is 6.32. The van der Waals surface area contributed by atoms with E-state index in [9.17, 15) is 9.18 Å². The van der Waals surface area contributed by atoms with Crippen LogP contribution in [0.3, 0.4) is 0 Å². The van der Waals surface area contributed by atoms with Crippen molar-refractivity contribution in [2.45, 2.75) is 6.61 Å². The standard InChI is InChI=1S/C15H12ClFO3/c1-19-15(18)11-7-14(12(16)8-13(11)17)20-9-10-5-3-2-4-6-10/h2-8H,9H2,1H3. The Morgan fingerprint density at radius 3 is 2.60 bits per heavy atom. The second-order valence-corrected chi connectivity index (χ2v) is 4.44. The summed E-state index contributed by atoms with van der Waals surface area (Å²) in [5.74, 6) is -1.28. The molecule has 0 aromatic heterocycles. The van der Waals surface area contributed by atoms with Crippen molar-refractivity contribution in [2.24, 2.45) is 0 Å². The van der Waals surface area contributed by atoms with E-state index in [0.29, 0.717) is 0 Å². The van der Waals surface area contributed by atoms with Crippen LogP contribution < -0.4 is 4.74 Å². The van der Waals surface area contributed by atoms with Crippen molar-refractivity contribution < 1.29 is 18.7 Å². The van der Waals surface area contributed by atoms with Crippen molar-refractivity contribution in [3.63, 3.8) is 0 Å². The summed E-state index contributed by atoms with van der Waals surface area (Å²) < 4.78 is 23.6. The third-order valence-corrected chi connectivity index (χ3v) is 2.96. The van der Waals surface area contributed by atoms with E-state index in [2.05, 4.69) is 4.74 Å². The quantitative estimate of drug-likeness (QED) is 0.804. The zero-order chi connectivity index (χ0) is 14.5. The molecule has 104 valence electrons. The van der Waals surface area contributed by atoms with Gasteiger partial charge in [-0.25, -0.2) is 9.18 Å². The first-order valence-corrected chi connectivity index (χ1v) is 6.23. The second kappa shape index (κ2) is 6.39. The first-order valence-electron chi connectivity index (χ1n) is 5.86. The molecule has 0 unspecified atom stereocenters. The summed E-state index contributed by atoms with van der Waals surface area (Å²) in [6, 6.07) is 11.7. The number of ether oxygens (including phenoxy) is 2. The van der Waals surface area contributed by atoms with Gasteiger partial charge >= 0.3 is 5.97 Å². The summed E-state index contributed by atoms with van der Waals surface area (Å²) in [6.45, 7) is 0.271. The van der Waals surface area contributed by atoms with Gasteiger partial charge in [0.05, 0.1) is 17.7 Å². The van der Waals surface area contributed by atoms with Gasteiger partial charge in [0, 0.05) is 0 Å². The van der Waals surface area contributed by atoms with Crippen LogP contribution >= 0.6 is 11.6 Å². The molecule has 5 heteroatoms. The number of carbonyl (C=O) groups is 1. The molecule has 0 aliphatic carbocycles. The van der Waals surface area contributed by atoms with Crippen LogP contribution in [0.1, 0.15) is 15.9 Å². The molecule has 0 aliphatic heterocycles. The average molecular weight is 295 g/mol. The third kappa shape index (κ3) is 3.27. The van der Waals surface area contributed by atoms with Crippen LogP contribution in [0.25, 0.3) is 0 Å². The minimum atomic E-state index is -0.774. The summed E-state index contributed by atoms with van der Waals surface area (Å²) in [6.07, 6.45) is 0. The van der Waals surface area contributed by atoms with Crippen molar-refractivity contribution >= 4 is 17.6 Å². The van der Waals surface area contributed by atoms with E-state index in [1.807, 2.05) is 30.3 Å². The maximum atomic E-state index is 13.6. The van der Waals surface area contributed by atoms with Crippen LogP contribution in [0.4, 0.5) is 4.39 Å². The van der Waals surface area contributed by atoms with Crippen LogP contribution in [0.5, 0.6) is 5.75 Å². The Kier molecular flexibility index (Phi) is 4.58. The number of rotatable bonds is 4. The fourth-order valence-electron chi connectivity index (χ4n) is 1.64. The number of hydrogen-bond acceptors (Lipinski definition) is 3. The van der Waals surface area contributed by atoms with Gasteiger partial charge in [-0.2, -0.15) is 0 Å². The summed E-state index contributed by atoms with van der Waals surface area (Å²) >= 11 is 5.90. The van der Waals surface area contributed by atoms with Gasteiger partial charge in [-0.1, -0.05) is 41.9 Å². The van der Waals surface area contributed by atoms with Gasteiger partial charge in [-0.3, -0.25) is 0 Å². The maximum Gasteiger partial charge on any atom is 0.340 e. The highest BCUT2D eigenvalue weighted by Gasteiger charge is 2.16. The van der Waals surface area contributed by atoms with Crippen LogP contribution in [0, 0.1) is 5.82 Å². The zero-order valence-electron chi connectivity index (χ0n) is 10.7. The maximum absolute atomic E-state index is 13.6. The van der Waals surface area contributed by atoms with Crippen LogP contribution in [0.15, 0.2) is 42.5 Å². The molecule has 0 N–H and O–H groups in total. The van der Waals surface area contributed by atoms with Gasteiger partial charge in [0.1, 0.15) is 18.2 Å². The Labute approximate surface area is 120 Å². The highest BCUT2D eigenvalue weighted by Crippen LogP contribution is 2.28. The minimum absolute atomic E-state index is 0.103. The lowest BCUT2D eigenvalue weighted by atomic mass is 10.2.